The van der Waals surface area contributed by atoms with Crippen LogP contribution in [0.4, 0.5) is 0 Å². The third-order valence-electron chi connectivity index (χ3n) is 3.24. The average molecular weight is 332 g/mol. The van der Waals surface area contributed by atoms with Gasteiger partial charge in [0.25, 0.3) is 0 Å². The molecule has 0 amide bonds. The van der Waals surface area contributed by atoms with Gasteiger partial charge in [0.15, 0.2) is 0 Å². The Hall–Kier alpha value is -0.970. The lowest BCUT2D eigenvalue weighted by Crippen LogP contribution is -2.16. The molecule has 1 aromatic carbocycles. The number of hydrogen-bond donors (Lipinski definition) is 1. The predicted octanol–water partition coefficient (Wildman–Crippen LogP) is 3.58. The van der Waals surface area contributed by atoms with E-state index in [0.717, 1.165) is 5.56 Å². The van der Waals surface area contributed by atoms with E-state index in [1.54, 1.807) is 6.07 Å². The standard InChI is InChI=1S/C15H19Cl2NO3/c1-20-14(19)3-2-6-21-15-10(9-18-12-4-5-12)7-11(16)8-13(15)17/h7-8,12,18H,2-6,9H2,1H3. The van der Waals surface area contributed by atoms with Crippen molar-refractivity contribution in [2.24, 2.45) is 0 Å². The number of esters is 1. The Morgan fingerprint density at radius 2 is 2.14 bits per heavy atom. The molecule has 0 unspecified atom stereocenters. The van der Waals surface area contributed by atoms with Crippen molar-refractivity contribution in [3.05, 3.63) is 27.7 Å². The maximum Gasteiger partial charge on any atom is 0.305 e. The summed E-state index contributed by atoms with van der Waals surface area (Å²) in [5, 5.41) is 4.50. The Kier molecular flexibility index (Phi) is 6.15. The van der Waals surface area contributed by atoms with Crippen molar-refractivity contribution in [3.8, 4) is 5.75 Å². The molecule has 2 rings (SSSR count). The molecule has 0 bridgehead atoms. The van der Waals surface area contributed by atoms with Gasteiger partial charge in [0, 0.05) is 29.6 Å². The molecule has 0 spiro atoms. The number of nitrogens with one attached hydrogen (secondary N) is 1. The largest absolute Gasteiger partial charge is 0.492 e. The van der Waals surface area contributed by atoms with Crippen LogP contribution >= 0.6 is 23.2 Å². The molecule has 21 heavy (non-hydrogen) atoms. The summed E-state index contributed by atoms with van der Waals surface area (Å²) in [6, 6.07) is 4.12. The van der Waals surface area contributed by atoms with Gasteiger partial charge in [0.05, 0.1) is 18.7 Å². The van der Waals surface area contributed by atoms with Crippen LogP contribution in [0.2, 0.25) is 10.0 Å². The second kappa shape index (κ2) is 7.87. The van der Waals surface area contributed by atoms with Gasteiger partial charge in [-0.2, -0.15) is 0 Å². The van der Waals surface area contributed by atoms with E-state index < -0.39 is 0 Å². The van der Waals surface area contributed by atoms with Crippen LogP contribution in [0.25, 0.3) is 0 Å². The van der Waals surface area contributed by atoms with Crippen molar-refractivity contribution >= 4 is 29.2 Å². The predicted molar refractivity (Wildman–Crippen MR) is 83.1 cm³/mol. The highest BCUT2D eigenvalue weighted by Gasteiger charge is 2.21. The fourth-order valence-electron chi connectivity index (χ4n) is 1.94. The number of carbonyl (C=O) groups is 1. The monoisotopic (exact) mass is 331 g/mol. The Morgan fingerprint density at radius 1 is 1.38 bits per heavy atom. The van der Waals surface area contributed by atoms with Crippen molar-refractivity contribution in [1.82, 2.24) is 5.32 Å². The quantitative estimate of drug-likeness (QED) is 0.584. The first kappa shape index (κ1) is 16.4. The number of carbonyl (C=O) groups excluding carboxylic acids is 1. The maximum atomic E-state index is 11.1. The summed E-state index contributed by atoms with van der Waals surface area (Å²) in [5.41, 5.74) is 0.942. The minimum absolute atomic E-state index is 0.239. The molecule has 6 heteroatoms. The summed E-state index contributed by atoms with van der Waals surface area (Å²) in [7, 11) is 1.38. The number of hydrogen-bond acceptors (Lipinski definition) is 4. The summed E-state index contributed by atoms with van der Waals surface area (Å²) in [4.78, 5) is 11.1. The number of methoxy groups -OCH3 is 1. The number of rotatable bonds is 8. The second-order valence-corrected chi connectivity index (χ2v) is 5.90. The number of ether oxygens (including phenoxy) is 2. The van der Waals surface area contributed by atoms with E-state index in [4.69, 9.17) is 27.9 Å². The molecule has 4 nitrogen and oxygen atoms in total. The van der Waals surface area contributed by atoms with E-state index in [0.29, 0.717) is 47.8 Å². The second-order valence-electron chi connectivity index (χ2n) is 5.06. The topological polar surface area (TPSA) is 47.6 Å². The molecule has 0 saturated heterocycles. The molecular formula is C15H19Cl2NO3. The van der Waals surface area contributed by atoms with Gasteiger partial charge < -0.3 is 14.8 Å². The van der Waals surface area contributed by atoms with Crippen molar-refractivity contribution in [1.29, 1.82) is 0 Å². The van der Waals surface area contributed by atoms with E-state index in [-0.39, 0.29) is 5.97 Å². The molecule has 1 fully saturated rings. The summed E-state index contributed by atoms with van der Waals surface area (Å²) in [5.74, 6) is 0.399. The van der Waals surface area contributed by atoms with Gasteiger partial charge in [-0.15, -0.1) is 0 Å². The molecule has 1 saturated carbocycles. The van der Waals surface area contributed by atoms with Crippen molar-refractivity contribution in [2.45, 2.75) is 38.3 Å². The molecule has 116 valence electrons. The first-order valence-corrected chi connectivity index (χ1v) is 7.76. The maximum absolute atomic E-state index is 11.1. The Balaban J connectivity index is 1.93. The smallest absolute Gasteiger partial charge is 0.305 e. The first-order valence-electron chi connectivity index (χ1n) is 7.01. The summed E-state index contributed by atoms with van der Waals surface area (Å²) in [6.07, 6.45) is 3.34. The molecule has 1 N–H and O–H groups in total. The summed E-state index contributed by atoms with van der Waals surface area (Å²) >= 11 is 12.3. The third kappa shape index (κ3) is 5.38. The number of halogens is 2. The van der Waals surface area contributed by atoms with Crippen molar-refractivity contribution in [3.63, 3.8) is 0 Å². The normalized spacial score (nSPS) is 14.0. The average Bonchev–Trinajstić information content (AvgIpc) is 3.26. The number of benzene rings is 1. The van der Waals surface area contributed by atoms with E-state index in [1.165, 1.54) is 20.0 Å². The minimum Gasteiger partial charge on any atom is -0.492 e. The van der Waals surface area contributed by atoms with Gasteiger partial charge in [0.1, 0.15) is 5.75 Å². The molecule has 0 aliphatic heterocycles. The van der Waals surface area contributed by atoms with Crippen LogP contribution in [0.3, 0.4) is 0 Å². The van der Waals surface area contributed by atoms with E-state index in [1.807, 2.05) is 6.07 Å². The van der Waals surface area contributed by atoms with Gasteiger partial charge in [0.2, 0.25) is 0 Å². The molecular weight excluding hydrogens is 313 g/mol. The molecule has 1 aliphatic carbocycles. The minimum atomic E-state index is -0.239. The van der Waals surface area contributed by atoms with Crippen LogP contribution < -0.4 is 10.1 Å². The highest BCUT2D eigenvalue weighted by Crippen LogP contribution is 2.33. The Bertz CT molecular complexity index is 504. The summed E-state index contributed by atoms with van der Waals surface area (Å²) < 4.78 is 10.3. The molecule has 1 aromatic rings. The van der Waals surface area contributed by atoms with Crippen LogP contribution in [0.15, 0.2) is 12.1 Å². The SMILES string of the molecule is COC(=O)CCCOc1c(Cl)cc(Cl)cc1CNC1CC1. The zero-order valence-electron chi connectivity index (χ0n) is 12.0. The lowest BCUT2D eigenvalue weighted by molar-refractivity contribution is -0.140. The molecule has 0 aromatic heterocycles. The Labute approximate surface area is 134 Å². The highest BCUT2D eigenvalue weighted by molar-refractivity contribution is 6.35. The lowest BCUT2D eigenvalue weighted by Gasteiger charge is -2.14. The summed E-state index contributed by atoms with van der Waals surface area (Å²) in [6.45, 7) is 1.09. The van der Waals surface area contributed by atoms with Crippen LogP contribution in [0, 0.1) is 0 Å². The van der Waals surface area contributed by atoms with Gasteiger partial charge in [-0.05, 0) is 31.4 Å². The zero-order valence-corrected chi connectivity index (χ0v) is 13.5. The van der Waals surface area contributed by atoms with Gasteiger partial charge in [-0.1, -0.05) is 23.2 Å². The van der Waals surface area contributed by atoms with Crippen LogP contribution in [0.5, 0.6) is 5.75 Å². The van der Waals surface area contributed by atoms with E-state index in [9.17, 15) is 4.79 Å². The Morgan fingerprint density at radius 3 is 2.81 bits per heavy atom. The lowest BCUT2D eigenvalue weighted by atomic mass is 10.2. The highest BCUT2D eigenvalue weighted by atomic mass is 35.5. The van der Waals surface area contributed by atoms with Crippen LogP contribution in [0.1, 0.15) is 31.2 Å². The van der Waals surface area contributed by atoms with Gasteiger partial charge in [-0.3, -0.25) is 4.79 Å². The first-order chi connectivity index (χ1) is 10.1. The van der Waals surface area contributed by atoms with E-state index >= 15 is 0 Å². The van der Waals surface area contributed by atoms with Crippen LogP contribution in [-0.4, -0.2) is 25.7 Å². The van der Waals surface area contributed by atoms with Gasteiger partial charge in [-0.25, -0.2) is 0 Å². The fraction of sp³-hybridized carbons (Fsp3) is 0.533. The molecule has 1 aliphatic rings. The van der Waals surface area contributed by atoms with Crippen LogP contribution in [-0.2, 0) is 16.1 Å². The fourth-order valence-corrected chi connectivity index (χ4v) is 2.53. The molecule has 0 heterocycles. The van der Waals surface area contributed by atoms with Crippen molar-refractivity contribution < 1.29 is 14.3 Å². The molecule has 0 atom stereocenters. The molecule has 0 radical (unpaired) electrons. The van der Waals surface area contributed by atoms with Gasteiger partial charge >= 0.3 is 5.97 Å². The van der Waals surface area contributed by atoms with Crippen molar-refractivity contribution in [2.75, 3.05) is 13.7 Å². The third-order valence-corrected chi connectivity index (χ3v) is 3.74. The van der Waals surface area contributed by atoms with E-state index in [2.05, 4.69) is 10.1 Å². The zero-order chi connectivity index (χ0) is 15.2.